The van der Waals surface area contributed by atoms with Gasteiger partial charge in [-0.2, -0.15) is 0 Å². The van der Waals surface area contributed by atoms with Crippen LogP contribution in [0.3, 0.4) is 0 Å². The lowest BCUT2D eigenvalue weighted by molar-refractivity contribution is 0.147. The zero-order valence-corrected chi connectivity index (χ0v) is 13.5. The van der Waals surface area contributed by atoms with Crippen molar-refractivity contribution in [2.75, 3.05) is 0 Å². The van der Waals surface area contributed by atoms with E-state index in [4.69, 9.17) is 0 Å². The second kappa shape index (κ2) is 6.52. The molecule has 0 saturated carbocycles. The zero-order valence-electron chi connectivity index (χ0n) is 13.5. The normalized spacial score (nSPS) is 11.1. The van der Waals surface area contributed by atoms with Gasteiger partial charge in [0.1, 0.15) is 5.82 Å². The highest BCUT2D eigenvalue weighted by Crippen LogP contribution is 2.37. The Balaban J connectivity index is 2.17. The average molecular weight is 326 g/mol. The molecule has 3 aromatic rings. The summed E-state index contributed by atoms with van der Waals surface area (Å²) in [4.78, 5) is 0. The van der Waals surface area contributed by atoms with E-state index >= 15 is 0 Å². The molecule has 0 nitrogen and oxygen atoms in total. The highest BCUT2D eigenvalue weighted by molar-refractivity contribution is 5.75. The first-order valence-corrected chi connectivity index (χ1v) is 7.72. The van der Waals surface area contributed by atoms with Crippen LogP contribution in [0.4, 0.5) is 13.2 Å². The number of aryl methyl sites for hydroxylation is 2. The molecule has 0 radical (unpaired) electrons. The minimum Gasteiger partial charge on any atom is -0.206 e. The van der Waals surface area contributed by atoms with E-state index in [-0.39, 0.29) is 11.1 Å². The van der Waals surface area contributed by atoms with E-state index in [2.05, 4.69) is 0 Å². The second-order valence-electron chi connectivity index (χ2n) is 5.92. The maximum absolute atomic E-state index is 14.9. The summed E-state index contributed by atoms with van der Waals surface area (Å²) in [6.45, 7) is 3.84. The molecule has 0 saturated heterocycles. The second-order valence-corrected chi connectivity index (χ2v) is 5.92. The van der Waals surface area contributed by atoms with Crippen molar-refractivity contribution in [3.63, 3.8) is 0 Å². The molecule has 0 atom stereocenters. The molecule has 122 valence electrons. The van der Waals surface area contributed by atoms with Crippen LogP contribution in [0, 0.1) is 19.7 Å². The molecule has 0 amide bonds. The van der Waals surface area contributed by atoms with Gasteiger partial charge in [0.2, 0.25) is 0 Å². The first-order valence-electron chi connectivity index (χ1n) is 7.72. The molecule has 0 aliphatic rings. The zero-order chi connectivity index (χ0) is 17.3. The Labute approximate surface area is 139 Å². The fraction of sp³-hybridized carbons (Fsp3) is 0.143. The number of rotatable bonds is 3. The molecule has 24 heavy (non-hydrogen) atoms. The third-order valence-corrected chi connectivity index (χ3v) is 4.12. The van der Waals surface area contributed by atoms with Crippen LogP contribution in [0.15, 0.2) is 60.7 Å². The van der Waals surface area contributed by atoms with Crippen molar-refractivity contribution >= 4 is 0 Å². The van der Waals surface area contributed by atoms with Gasteiger partial charge < -0.3 is 0 Å². The van der Waals surface area contributed by atoms with Crippen molar-refractivity contribution in [1.29, 1.82) is 0 Å². The fourth-order valence-corrected chi connectivity index (χ4v) is 2.75. The van der Waals surface area contributed by atoms with Gasteiger partial charge in [0.15, 0.2) is 0 Å². The predicted octanol–water partition coefficient (Wildman–Crippen LogP) is 6.71. The molecule has 0 aromatic heterocycles. The van der Waals surface area contributed by atoms with E-state index in [1.54, 1.807) is 36.4 Å². The predicted molar refractivity (Wildman–Crippen MR) is 91.7 cm³/mol. The van der Waals surface area contributed by atoms with Gasteiger partial charge in [-0.3, -0.25) is 0 Å². The molecular formula is C21H17F3. The van der Waals surface area contributed by atoms with Crippen LogP contribution in [-0.2, 0) is 0 Å². The lowest BCUT2D eigenvalue weighted by Gasteiger charge is -2.14. The minimum absolute atomic E-state index is 0.196. The summed E-state index contributed by atoms with van der Waals surface area (Å²) in [5.41, 5.74) is 3.12. The molecule has 0 spiro atoms. The van der Waals surface area contributed by atoms with E-state index in [9.17, 15) is 13.2 Å². The van der Waals surface area contributed by atoms with E-state index in [1.165, 1.54) is 0 Å². The Bertz CT molecular complexity index is 848. The topological polar surface area (TPSA) is 0 Å². The Morgan fingerprint density at radius 1 is 0.625 bits per heavy atom. The maximum atomic E-state index is 14.9. The minimum atomic E-state index is -2.88. The van der Waals surface area contributed by atoms with Crippen LogP contribution >= 0.6 is 0 Å². The summed E-state index contributed by atoms with van der Waals surface area (Å²) < 4.78 is 42.0. The molecule has 0 aliphatic carbocycles. The molecule has 0 fully saturated rings. The van der Waals surface area contributed by atoms with Gasteiger partial charge in [0, 0.05) is 5.56 Å². The standard InChI is InChI=1S/C21H17F3/c1-13-3-7-15(8-4-13)17-11-12-18(20(22)19(17)21(23)24)16-9-5-14(2)6-10-16/h3-12,21H,1-2H3. The van der Waals surface area contributed by atoms with Crippen molar-refractivity contribution in [2.24, 2.45) is 0 Å². The summed E-state index contributed by atoms with van der Waals surface area (Å²) in [5.74, 6) is -0.855. The monoisotopic (exact) mass is 326 g/mol. The van der Waals surface area contributed by atoms with Gasteiger partial charge in [0.25, 0.3) is 6.43 Å². The molecule has 3 rings (SSSR count). The summed E-state index contributed by atoms with van der Waals surface area (Å²) in [5, 5.41) is 0. The Kier molecular flexibility index (Phi) is 4.43. The third-order valence-electron chi connectivity index (χ3n) is 4.12. The van der Waals surface area contributed by atoms with Crippen LogP contribution in [0.5, 0.6) is 0 Å². The number of benzene rings is 3. The van der Waals surface area contributed by atoms with Gasteiger partial charge in [-0.15, -0.1) is 0 Å². The van der Waals surface area contributed by atoms with Gasteiger partial charge in [-0.05, 0) is 30.5 Å². The van der Waals surface area contributed by atoms with E-state index in [1.807, 2.05) is 38.1 Å². The fourth-order valence-electron chi connectivity index (χ4n) is 2.75. The van der Waals surface area contributed by atoms with Crippen molar-refractivity contribution < 1.29 is 13.2 Å². The summed E-state index contributed by atoms with van der Waals surface area (Å²) in [7, 11) is 0. The van der Waals surface area contributed by atoms with Crippen molar-refractivity contribution in [2.45, 2.75) is 20.3 Å². The molecule has 3 aromatic carbocycles. The number of halogens is 3. The number of alkyl halides is 2. The highest BCUT2D eigenvalue weighted by atomic mass is 19.3. The summed E-state index contributed by atoms with van der Waals surface area (Å²) in [6.07, 6.45) is -2.88. The summed E-state index contributed by atoms with van der Waals surface area (Å²) in [6, 6.07) is 17.4. The van der Waals surface area contributed by atoms with Crippen LogP contribution in [0.2, 0.25) is 0 Å². The van der Waals surface area contributed by atoms with Crippen LogP contribution in [-0.4, -0.2) is 0 Å². The van der Waals surface area contributed by atoms with Gasteiger partial charge in [0.05, 0.1) is 5.56 Å². The highest BCUT2D eigenvalue weighted by Gasteiger charge is 2.22. The van der Waals surface area contributed by atoms with Crippen LogP contribution < -0.4 is 0 Å². The molecule has 0 aliphatic heterocycles. The van der Waals surface area contributed by atoms with Gasteiger partial charge >= 0.3 is 0 Å². The van der Waals surface area contributed by atoms with Gasteiger partial charge in [-0.25, -0.2) is 13.2 Å². The number of hydrogen-bond donors (Lipinski definition) is 0. The molecule has 3 heteroatoms. The van der Waals surface area contributed by atoms with Crippen LogP contribution in [0.1, 0.15) is 23.1 Å². The molecule has 0 bridgehead atoms. The quantitative estimate of drug-likeness (QED) is 0.501. The third kappa shape index (κ3) is 3.07. The average Bonchev–Trinajstić information content (AvgIpc) is 2.56. The van der Waals surface area contributed by atoms with Crippen molar-refractivity contribution in [1.82, 2.24) is 0 Å². The largest absolute Gasteiger partial charge is 0.267 e. The Hall–Kier alpha value is -2.55. The first-order chi connectivity index (χ1) is 11.5. The molecule has 0 unspecified atom stereocenters. The Morgan fingerprint density at radius 2 is 1.04 bits per heavy atom. The lowest BCUT2D eigenvalue weighted by Crippen LogP contribution is -1.98. The smallest absolute Gasteiger partial charge is 0.206 e. The first kappa shape index (κ1) is 16.3. The maximum Gasteiger partial charge on any atom is 0.267 e. The molecule has 0 N–H and O–H groups in total. The van der Waals surface area contributed by atoms with E-state index < -0.39 is 17.8 Å². The van der Waals surface area contributed by atoms with Gasteiger partial charge in [-0.1, -0.05) is 71.8 Å². The number of hydrogen-bond acceptors (Lipinski definition) is 0. The van der Waals surface area contributed by atoms with Crippen LogP contribution in [0.25, 0.3) is 22.3 Å². The lowest BCUT2D eigenvalue weighted by atomic mass is 9.93. The SMILES string of the molecule is Cc1ccc(-c2ccc(-c3ccc(C)cc3)c(C(F)F)c2F)cc1. The van der Waals surface area contributed by atoms with E-state index in [0.29, 0.717) is 11.1 Å². The Morgan fingerprint density at radius 3 is 1.50 bits per heavy atom. The summed E-state index contributed by atoms with van der Waals surface area (Å²) >= 11 is 0. The van der Waals surface area contributed by atoms with Crippen molar-refractivity contribution in [3.05, 3.63) is 83.2 Å². The molecular weight excluding hydrogens is 309 g/mol. The van der Waals surface area contributed by atoms with Crippen molar-refractivity contribution in [3.8, 4) is 22.3 Å². The molecule has 0 heterocycles. The van der Waals surface area contributed by atoms with E-state index in [0.717, 1.165) is 11.1 Å².